The van der Waals surface area contributed by atoms with Gasteiger partial charge >= 0.3 is 0 Å². The Morgan fingerprint density at radius 1 is 1.36 bits per heavy atom. The van der Waals surface area contributed by atoms with Gasteiger partial charge in [-0.1, -0.05) is 18.2 Å². The van der Waals surface area contributed by atoms with Crippen LogP contribution in [0.15, 0.2) is 36.5 Å². The lowest BCUT2D eigenvalue weighted by Gasteiger charge is -2.38. The molecule has 3 rings (SSSR count). The maximum absolute atomic E-state index is 12.0. The lowest BCUT2D eigenvalue weighted by molar-refractivity contribution is 0.0280. The lowest BCUT2D eigenvalue weighted by Crippen LogP contribution is -2.41. The zero-order valence-corrected chi connectivity index (χ0v) is 13.3. The normalized spacial score (nSPS) is 23.2. The molecule has 1 aliphatic rings. The zero-order valence-electron chi connectivity index (χ0n) is 12.4. The Hall–Kier alpha value is -1.50. The van der Waals surface area contributed by atoms with Gasteiger partial charge < -0.3 is 5.11 Å². The Morgan fingerprint density at radius 3 is 2.77 bits per heavy atom. The number of fused-ring (bicyclic) bond motifs is 1. The molecule has 118 valence electrons. The summed E-state index contributed by atoms with van der Waals surface area (Å²) in [6, 6.07) is 9.41. The third-order valence-electron chi connectivity index (χ3n) is 4.28. The number of nitrogens with zero attached hydrogens (tertiary/aromatic N) is 1. The molecule has 2 N–H and O–H groups in total. The van der Waals surface area contributed by atoms with Gasteiger partial charge in [-0.2, -0.15) is 0 Å². The van der Waals surface area contributed by atoms with E-state index >= 15 is 0 Å². The van der Waals surface area contributed by atoms with E-state index in [0.29, 0.717) is 12.8 Å². The molecule has 1 unspecified atom stereocenters. The molecule has 1 aromatic heterocycles. The minimum Gasteiger partial charge on any atom is -0.393 e. The summed E-state index contributed by atoms with van der Waals surface area (Å²) in [6.07, 6.45) is 2.63. The molecule has 0 spiro atoms. The first-order chi connectivity index (χ1) is 10.5. The lowest BCUT2D eigenvalue weighted by atomic mass is 9.75. The molecule has 22 heavy (non-hydrogen) atoms. The number of rotatable bonds is 5. The van der Waals surface area contributed by atoms with Crippen molar-refractivity contribution in [2.75, 3.05) is 5.75 Å². The minimum absolute atomic E-state index is 0.0415. The molecule has 1 saturated carbocycles. The van der Waals surface area contributed by atoms with Gasteiger partial charge in [0.15, 0.2) is 0 Å². The van der Waals surface area contributed by atoms with Crippen molar-refractivity contribution in [3.63, 3.8) is 0 Å². The molecule has 2 aromatic rings. The van der Waals surface area contributed by atoms with Crippen LogP contribution in [0.3, 0.4) is 0 Å². The Balaban J connectivity index is 1.95. The molecule has 0 radical (unpaired) electrons. The smallest absolute Gasteiger partial charge is 0.211 e. The summed E-state index contributed by atoms with van der Waals surface area (Å²) in [7, 11) is -3.32. The fraction of sp³-hybridized carbons (Fsp3) is 0.438. The third-order valence-corrected chi connectivity index (χ3v) is 5.65. The van der Waals surface area contributed by atoms with Crippen LogP contribution in [-0.2, 0) is 10.0 Å². The van der Waals surface area contributed by atoms with Gasteiger partial charge in [-0.25, -0.2) is 13.1 Å². The van der Waals surface area contributed by atoms with Gasteiger partial charge in [0.25, 0.3) is 0 Å². The van der Waals surface area contributed by atoms with Gasteiger partial charge in [0.05, 0.1) is 23.4 Å². The van der Waals surface area contributed by atoms with Crippen LogP contribution in [-0.4, -0.2) is 30.4 Å². The first-order valence-electron chi connectivity index (χ1n) is 7.51. The molecule has 1 aliphatic carbocycles. The minimum atomic E-state index is -3.32. The average molecular weight is 320 g/mol. The van der Waals surface area contributed by atoms with E-state index < -0.39 is 10.0 Å². The van der Waals surface area contributed by atoms with Crippen LogP contribution >= 0.6 is 0 Å². The number of aromatic nitrogens is 1. The molecule has 1 heterocycles. The van der Waals surface area contributed by atoms with E-state index in [-0.39, 0.29) is 23.8 Å². The Kier molecular flexibility index (Phi) is 4.16. The third kappa shape index (κ3) is 3.14. The van der Waals surface area contributed by atoms with Gasteiger partial charge in [0.1, 0.15) is 0 Å². The predicted octanol–water partition coefficient (Wildman–Crippen LogP) is 1.99. The largest absolute Gasteiger partial charge is 0.393 e. The van der Waals surface area contributed by atoms with E-state index in [0.717, 1.165) is 16.5 Å². The van der Waals surface area contributed by atoms with Gasteiger partial charge in [0, 0.05) is 11.6 Å². The molecule has 1 aromatic carbocycles. The summed E-state index contributed by atoms with van der Waals surface area (Å²) < 4.78 is 26.7. The van der Waals surface area contributed by atoms with E-state index in [9.17, 15) is 13.5 Å². The standard InChI is InChI=1S/C16H20N2O3S/c1-2-22(20,21)18-16(12-8-14(19)9-12)13-7-11-5-3-4-6-15(11)17-10-13/h3-7,10,12,14,16,18-19H,2,8-9H2,1H3. The first kappa shape index (κ1) is 15.4. The molecule has 6 heteroatoms. The van der Waals surface area contributed by atoms with E-state index in [1.807, 2.05) is 30.3 Å². The monoisotopic (exact) mass is 320 g/mol. The summed E-state index contributed by atoms with van der Waals surface area (Å²) >= 11 is 0. The zero-order chi connectivity index (χ0) is 15.7. The Bertz CT molecular complexity index is 770. The summed E-state index contributed by atoms with van der Waals surface area (Å²) in [5.41, 5.74) is 1.74. The summed E-state index contributed by atoms with van der Waals surface area (Å²) in [5, 5.41) is 10.5. The number of hydrogen-bond donors (Lipinski definition) is 2. The van der Waals surface area contributed by atoms with Crippen molar-refractivity contribution >= 4 is 20.9 Å². The second-order valence-electron chi connectivity index (χ2n) is 5.85. The molecule has 1 fully saturated rings. The average Bonchev–Trinajstić information content (AvgIpc) is 2.49. The van der Waals surface area contributed by atoms with E-state index in [1.54, 1.807) is 13.1 Å². The number of hydrogen-bond acceptors (Lipinski definition) is 4. The maximum atomic E-state index is 12.0. The summed E-state index contributed by atoms with van der Waals surface area (Å²) in [6.45, 7) is 1.62. The second-order valence-corrected chi connectivity index (χ2v) is 7.89. The molecule has 0 bridgehead atoms. The van der Waals surface area contributed by atoms with Crippen LogP contribution in [0.1, 0.15) is 31.4 Å². The molecule has 0 aliphatic heterocycles. The van der Waals surface area contributed by atoms with E-state index in [1.165, 1.54) is 0 Å². The van der Waals surface area contributed by atoms with Crippen molar-refractivity contribution in [3.8, 4) is 0 Å². The number of nitrogens with one attached hydrogen (secondary N) is 1. The van der Waals surface area contributed by atoms with Crippen LogP contribution in [0.4, 0.5) is 0 Å². The molecule has 5 nitrogen and oxygen atoms in total. The predicted molar refractivity (Wildman–Crippen MR) is 85.8 cm³/mol. The maximum Gasteiger partial charge on any atom is 0.211 e. The molecule has 0 amide bonds. The van der Waals surface area contributed by atoms with Gasteiger partial charge in [0.2, 0.25) is 10.0 Å². The van der Waals surface area contributed by atoms with Crippen molar-refractivity contribution in [2.45, 2.75) is 31.9 Å². The quantitative estimate of drug-likeness (QED) is 0.883. The Labute approximate surface area is 130 Å². The molecular weight excluding hydrogens is 300 g/mol. The number of aliphatic hydroxyl groups excluding tert-OH is 1. The van der Waals surface area contributed by atoms with Gasteiger partial charge in [-0.3, -0.25) is 4.98 Å². The fourth-order valence-electron chi connectivity index (χ4n) is 2.87. The highest BCUT2D eigenvalue weighted by atomic mass is 32.2. The van der Waals surface area contributed by atoms with Gasteiger partial charge in [-0.15, -0.1) is 0 Å². The van der Waals surface area contributed by atoms with E-state index in [4.69, 9.17) is 0 Å². The topological polar surface area (TPSA) is 79.3 Å². The SMILES string of the molecule is CCS(=O)(=O)NC(c1cnc2ccccc2c1)C1CC(O)C1. The van der Waals surface area contributed by atoms with Crippen LogP contribution in [0.25, 0.3) is 10.9 Å². The number of para-hydroxylation sites is 1. The van der Waals surface area contributed by atoms with Crippen molar-refractivity contribution in [2.24, 2.45) is 5.92 Å². The molecule has 1 atom stereocenters. The second kappa shape index (κ2) is 5.95. The summed E-state index contributed by atoms with van der Waals surface area (Å²) in [5.74, 6) is 0.152. The number of sulfonamides is 1. The highest BCUT2D eigenvalue weighted by Gasteiger charge is 2.36. The highest BCUT2D eigenvalue weighted by Crippen LogP contribution is 2.38. The van der Waals surface area contributed by atoms with Crippen LogP contribution < -0.4 is 4.72 Å². The number of pyridine rings is 1. The highest BCUT2D eigenvalue weighted by molar-refractivity contribution is 7.89. The van der Waals surface area contributed by atoms with Crippen molar-refractivity contribution in [1.82, 2.24) is 9.71 Å². The number of benzene rings is 1. The van der Waals surface area contributed by atoms with Crippen LogP contribution in [0, 0.1) is 5.92 Å². The number of aliphatic hydroxyl groups is 1. The van der Waals surface area contributed by atoms with Crippen molar-refractivity contribution in [3.05, 3.63) is 42.1 Å². The molecular formula is C16H20N2O3S. The Morgan fingerprint density at radius 2 is 2.09 bits per heavy atom. The van der Waals surface area contributed by atoms with Crippen molar-refractivity contribution in [1.29, 1.82) is 0 Å². The van der Waals surface area contributed by atoms with E-state index in [2.05, 4.69) is 9.71 Å². The first-order valence-corrected chi connectivity index (χ1v) is 9.16. The van der Waals surface area contributed by atoms with Gasteiger partial charge in [-0.05, 0) is 43.4 Å². The summed E-state index contributed by atoms with van der Waals surface area (Å²) in [4.78, 5) is 4.42. The van der Waals surface area contributed by atoms with Crippen molar-refractivity contribution < 1.29 is 13.5 Å². The molecule has 0 saturated heterocycles. The van der Waals surface area contributed by atoms with Crippen LogP contribution in [0.2, 0.25) is 0 Å². The van der Waals surface area contributed by atoms with Crippen LogP contribution in [0.5, 0.6) is 0 Å². The fourth-order valence-corrected chi connectivity index (χ4v) is 3.76.